The number of nitrogens with one attached hydrogen (secondary N) is 1. The molecule has 0 spiro atoms. The van der Waals surface area contributed by atoms with Crippen LogP contribution in [0.5, 0.6) is 0 Å². The van der Waals surface area contributed by atoms with E-state index >= 15 is 0 Å². The highest BCUT2D eigenvalue weighted by Crippen LogP contribution is 2.20. The summed E-state index contributed by atoms with van der Waals surface area (Å²) in [6.07, 6.45) is 6.26. The van der Waals surface area contributed by atoms with Crippen molar-refractivity contribution in [2.24, 2.45) is 10.7 Å². The second kappa shape index (κ2) is 6.94. The Hall–Kier alpha value is -1.03. The highest BCUT2D eigenvalue weighted by Gasteiger charge is 2.13. The van der Waals surface area contributed by atoms with E-state index in [1.54, 1.807) is 0 Å². The molecular formula is C15H22BrN3. The highest BCUT2D eigenvalue weighted by atomic mass is 79.9. The highest BCUT2D eigenvalue weighted by molar-refractivity contribution is 9.10. The molecule has 3 nitrogen and oxygen atoms in total. The normalized spacial score (nSPS) is 19.2. The second-order valence-corrected chi connectivity index (χ2v) is 6.14. The Morgan fingerprint density at radius 2 is 1.89 bits per heavy atom. The van der Waals surface area contributed by atoms with Crippen molar-refractivity contribution in [2.45, 2.75) is 51.1 Å². The second-order valence-electron chi connectivity index (χ2n) is 5.22. The topological polar surface area (TPSA) is 50.4 Å². The van der Waals surface area contributed by atoms with Crippen LogP contribution < -0.4 is 11.1 Å². The van der Waals surface area contributed by atoms with Gasteiger partial charge in [0.2, 0.25) is 0 Å². The van der Waals surface area contributed by atoms with Gasteiger partial charge >= 0.3 is 0 Å². The first-order valence-corrected chi connectivity index (χ1v) is 7.80. The molecule has 1 aliphatic rings. The zero-order chi connectivity index (χ0) is 13.7. The van der Waals surface area contributed by atoms with Crippen molar-refractivity contribution in [2.75, 3.05) is 0 Å². The Balaban J connectivity index is 1.91. The van der Waals surface area contributed by atoms with Gasteiger partial charge in [-0.25, -0.2) is 0 Å². The van der Waals surface area contributed by atoms with E-state index in [0.717, 1.165) is 4.47 Å². The molecule has 0 amide bonds. The van der Waals surface area contributed by atoms with Gasteiger partial charge in [0, 0.05) is 4.47 Å². The summed E-state index contributed by atoms with van der Waals surface area (Å²) >= 11 is 3.44. The van der Waals surface area contributed by atoms with Gasteiger partial charge in [0.25, 0.3) is 0 Å². The van der Waals surface area contributed by atoms with Crippen LogP contribution in [0.3, 0.4) is 0 Å². The minimum absolute atomic E-state index is 0.181. The van der Waals surface area contributed by atoms with Crippen LogP contribution in [0.1, 0.15) is 50.6 Å². The number of nitrogens with two attached hydrogens (primary N) is 1. The number of hydrogen-bond donors (Lipinski definition) is 2. The average Bonchev–Trinajstić information content (AvgIpc) is 2.40. The van der Waals surface area contributed by atoms with Crippen LogP contribution in [-0.2, 0) is 0 Å². The molecule has 4 heteroatoms. The standard InChI is InChI=1S/C15H22BrN3/c1-11(12-7-9-13(16)10-8-12)18-15(17)19-14-5-3-2-4-6-14/h7-11,14H,2-6H2,1H3,(H3,17,18,19). The molecule has 0 heterocycles. The molecule has 1 aromatic rings. The van der Waals surface area contributed by atoms with Gasteiger partial charge < -0.3 is 11.1 Å². The third kappa shape index (κ3) is 4.53. The Morgan fingerprint density at radius 3 is 2.53 bits per heavy atom. The summed E-state index contributed by atoms with van der Waals surface area (Å²) in [5.74, 6) is 0.572. The number of rotatable bonds is 3. The molecule has 104 valence electrons. The fraction of sp³-hybridized carbons (Fsp3) is 0.533. The van der Waals surface area contributed by atoms with Gasteiger partial charge in [0.05, 0.1) is 12.1 Å². The van der Waals surface area contributed by atoms with Crippen molar-refractivity contribution in [1.29, 1.82) is 0 Å². The predicted molar refractivity (Wildman–Crippen MR) is 84.2 cm³/mol. The summed E-state index contributed by atoms with van der Waals surface area (Å²) in [6, 6.07) is 8.87. The zero-order valence-corrected chi connectivity index (χ0v) is 13.0. The lowest BCUT2D eigenvalue weighted by Gasteiger charge is -2.20. The van der Waals surface area contributed by atoms with Crippen LogP contribution in [-0.4, -0.2) is 12.0 Å². The van der Waals surface area contributed by atoms with Crippen molar-refractivity contribution >= 4 is 21.9 Å². The Kier molecular flexibility index (Phi) is 5.25. The van der Waals surface area contributed by atoms with E-state index < -0.39 is 0 Å². The largest absolute Gasteiger partial charge is 0.370 e. The van der Waals surface area contributed by atoms with Gasteiger partial charge in [-0.15, -0.1) is 0 Å². The lowest BCUT2D eigenvalue weighted by Crippen LogP contribution is -2.35. The molecule has 3 N–H and O–H groups in total. The number of benzene rings is 1. The lowest BCUT2D eigenvalue weighted by atomic mass is 9.96. The first kappa shape index (κ1) is 14.4. The van der Waals surface area contributed by atoms with Gasteiger partial charge in [-0.3, -0.25) is 4.99 Å². The fourth-order valence-corrected chi connectivity index (χ4v) is 2.77. The van der Waals surface area contributed by atoms with E-state index in [9.17, 15) is 0 Å². The van der Waals surface area contributed by atoms with E-state index in [1.165, 1.54) is 37.7 Å². The summed E-state index contributed by atoms with van der Waals surface area (Å²) in [4.78, 5) is 4.59. The van der Waals surface area contributed by atoms with Crippen LogP contribution >= 0.6 is 15.9 Å². The van der Waals surface area contributed by atoms with Crippen molar-refractivity contribution in [3.63, 3.8) is 0 Å². The fourth-order valence-electron chi connectivity index (χ4n) is 2.50. The van der Waals surface area contributed by atoms with E-state index in [1.807, 2.05) is 12.1 Å². The molecule has 0 saturated heterocycles. The van der Waals surface area contributed by atoms with Gasteiger partial charge in [0.15, 0.2) is 5.96 Å². The third-order valence-corrected chi connectivity index (χ3v) is 4.16. The van der Waals surface area contributed by atoms with Gasteiger partial charge in [-0.05, 0) is 37.5 Å². The molecule has 0 bridgehead atoms. The zero-order valence-electron chi connectivity index (χ0n) is 11.4. The number of halogens is 1. The number of hydrogen-bond acceptors (Lipinski definition) is 1. The molecule has 1 fully saturated rings. The maximum atomic E-state index is 6.00. The summed E-state index contributed by atoms with van der Waals surface area (Å²) in [5.41, 5.74) is 7.22. The molecule has 1 unspecified atom stereocenters. The predicted octanol–water partition coefficient (Wildman–Crippen LogP) is 3.75. The number of guanidine groups is 1. The Bertz CT molecular complexity index is 422. The summed E-state index contributed by atoms with van der Waals surface area (Å²) in [5, 5.41) is 3.28. The van der Waals surface area contributed by atoms with Gasteiger partial charge in [-0.2, -0.15) is 0 Å². The molecule has 1 aliphatic carbocycles. The van der Waals surface area contributed by atoms with Gasteiger partial charge in [0.1, 0.15) is 0 Å². The first-order valence-electron chi connectivity index (χ1n) is 7.00. The van der Waals surface area contributed by atoms with Crippen LogP contribution in [0.15, 0.2) is 33.7 Å². The smallest absolute Gasteiger partial charge is 0.189 e. The molecule has 0 aliphatic heterocycles. The quantitative estimate of drug-likeness (QED) is 0.657. The minimum Gasteiger partial charge on any atom is -0.370 e. The van der Waals surface area contributed by atoms with Crippen molar-refractivity contribution in [3.05, 3.63) is 34.3 Å². The summed E-state index contributed by atoms with van der Waals surface area (Å²) in [7, 11) is 0. The molecule has 19 heavy (non-hydrogen) atoms. The van der Waals surface area contributed by atoms with Crippen LogP contribution in [0.4, 0.5) is 0 Å². The summed E-state index contributed by atoms with van der Waals surface area (Å²) < 4.78 is 1.09. The number of nitrogens with zero attached hydrogens (tertiary/aromatic N) is 1. The SMILES string of the molecule is CC(NC(N)=NC1CCCCC1)c1ccc(Br)cc1. The Morgan fingerprint density at radius 1 is 1.26 bits per heavy atom. The lowest BCUT2D eigenvalue weighted by molar-refractivity contribution is 0.441. The van der Waals surface area contributed by atoms with Crippen molar-refractivity contribution < 1.29 is 0 Å². The molecule has 1 atom stereocenters. The average molecular weight is 324 g/mol. The number of aliphatic imine (C=N–C) groups is 1. The van der Waals surface area contributed by atoms with Crippen LogP contribution in [0.2, 0.25) is 0 Å². The Labute approximate surface area is 123 Å². The molecule has 2 rings (SSSR count). The first-order chi connectivity index (χ1) is 9.15. The van der Waals surface area contributed by atoms with Crippen molar-refractivity contribution in [3.8, 4) is 0 Å². The maximum absolute atomic E-state index is 6.00. The van der Waals surface area contributed by atoms with Crippen LogP contribution in [0, 0.1) is 0 Å². The van der Waals surface area contributed by atoms with E-state index in [2.05, 4.69) is 45.3 Å². The van der Waals surface area contributed by atoms with Crippen LogP contribution in [0.25, 0.3) is 0 Å². The maximum Gasteiger partial charge on any atom is 0.189 e. The molecular weight excluding hydrogens is 302 g/mol. The third-order valence-electron chi connectivity index (χ3n) is 3.63. The summed E-state index contributed by atoms with van der Waals surface area (Å²) in [6.45, 7) is 2.10. The monoisotopic (exact) mass is 323 g/mol. The molecule has 0 aromatic heterocycles. The van der Waals surface area contributed by atoms with Gasteiger partial charge in [-0.1, -0.05) is 47.3 Å². The minimum atomic E-state index is 0.181. The molecule has 1 saturated carbocycles. The van der Waals surface area contributed by atoms with Crippen molar-refractivity contribution in [1.82, 2.24) is 5.32 Å². The molecule has 1 aromatic carbocycles. The molecule has 0 radical (unpaired) electrons. The van der Waals surface area contributed by atoms with E-state index in [0.29, 0.717) is 12.0 Å². The van der Waals surface area contributed by atoms with E-state index in [-0.39, 0.29) is 6.04 Å². The van der Waals surface area contributed by atoms with E-state index in [4.69, 9.17) is 5.73 Å².